The van der Waals surface area contributed by atoms with E-state index in [1.165, 1.54) is 5.56 Å². The Kier molecular flexibility index (Phi) is 4.68. The van der Waals surface area contributed by atoms with Crippen LogP contribution in [0.3, 0.4) is 0 Å². The molecule has 0 spiro atoms. The third-order valence-electron chi connectivity index (χ3n) is 3.98. The first-order valence-corrected chi connectivity index (χ1v) is 8.00. The van der Waals surface area contributed by atoms with Crippen LogP contribution in [-0.4, -0.2) is 11.7 Å². The first-order valence-electron chi connectivity index (χ1n) is 8.00. The lowest BCUT2D eigenvalue weighted by molar-refractivity contribution is 0.281. The van der Waals surface area contributed by atoms with Gasteiger partial charge in [-0.15, -0.1) is 0 Å². The maximum atomic E-state index is 9.02. The molecule has 0 saturated heterocycles. The fraction of sp³-hybridized carbons (Fsp3) is 0.300. The van der Waals surface area contributed by atoms with Crippen molar-refractivity contribution in [1.29, 1.82) is 0 Å². The van der Waals surface area contributed by atoms with E-state index < -0.39 is 0 Å². The molecule has 1 N–H and O–H groups in total. The zero-order valence-corrected chi connectivity index (χ0v) is 13.6. The van der Waals surface area contributed by atoms with Crippen LogP contribution >= 0.6 is 0 Å². The largest absolute Gasteiger partial charge is 0.493 e. The monoisotopic (exact) mass is 310 g/mol. The Labute approximate surface area is 136 Å². The molecule has 0 atom stereocenters. The minimum atomic E-state index is 0.0532. The summed E-state index contributed by atoms with van der Waals surface area (Å²) in [5, 5.41) is 10.2. The average molecular weight is 310 g/mol. The van der Waals surface area contributed by atoms with Crippen LogP contribution in [0.4, 0.5) is 0 Å². The minimum absolute atomic E-state index is 0.0532. The smallest absolute Gasteiger partial charge is 0.134 e. The van der Waals surface area contributed by atoms with E-state index in [-0.39, 0.29) is 6.61 Å². The molecular weight excluding hydrogens is 288 g/mol. The zero-order chi connectivity index (χ0) is 16.2. The SMILES string of the molecule is CC(C)c1ccc2oc(CCOc3ccc(CO)cc3)cc2c1. The maximum Gasteiger partial charge on any atom is 0.134 e. The molecule has 1 aromatic heterocycles. The molecule has 3 nitrogen and oxygen atoms in total. The second-order valence-electron chi connectivity index (χ2n) is 6.07. The number of ether oxygens (including phenoxy) is 1. The molecule has 0 aliphatic carbocycles. The Morgan fingerprint density at radius 3 is 2.52 bits per heavy atom. The highest BCUT2D eigenvalue weighted by molar-refractivity contribution is 5.78. The standard InChI is InChI=1S/C20H22O3/c1-14(2)16-5-8-20-17(11-16)12-19(23-20)9-10-22-18-6-3-15(13-21)4-7-18/h3-8,11-12,14,21H,9-10,13H2,1-2H3. The number of furan rings is 1. The summed E-state index contributed by atoms with van der Waals surface area (Å²) in [7, 11) is 0. The van der Waals surface area contributed by atoms with Crippen LogP contribution in [-0.2, 0) is 13.0 Å². The van der Waals surface area contributed by atoms with Gasteiger partial charge in [0.1, 0.15) is 17.1 Å². The molecule has 23 heavy (non-hydrogen) atoms. The molecule has 1 heterocycles. The molecule has 0 radical (unpaired) electrons. The quantitative estimate of drug-likeness (QED) is 0.719. The van der Waals surface area contributed by atoms with E-state index in [4.69, 9.17) is 14.3 Å². The predicted molar refractivity (Wildman–Crippen MR) is 91.9 cm³/mol. The molecule has 3 heteroatoms. The number of hydrogen-bond donors (Lipinski definition) is 1. The normalized spacial score (nSPS) is 11.3. The van der Waals surface area contributed by atoms with E-state index in [0.29, 0.717) is 12.5 Å². The van der Waals surface area contributed by atoms with Crippen molar-refractivity contribution in [3.05, 3.63) is 65.4 Å². The van der Waals surface area contributed by atoms with Gasteiger partial charge in [-0.3, -0.25) is 0 Å². The van der Waals surface area contributed by atoms with E-state index >= 15 is 0 Å². The molecule has 3 rings (SSSR count). The van der Waals surface area contributed by atoms with Crippen molar-refractivity contribution in [2.75, 3.05) is 6.61 Å². The van der Waals surface area contributed by atoms with Crippen LogP contribution < -0.4 is 4.74 Å². The minimum Gasteiger partial charge on any atom is -0.493 e. The van der Waals surface area contributed by atoms with Crippen molar-refractivity contribution in [1.82, 2.24) is 0 Å². The van der Waals surface area contributed by atoms with Crippen LogP contribution in [0, 0.1) is 0 Å². The molecule has 0 fully saturated rings. The summed E-state index contributed by atoms with van der Waals surface area (Å²) in [4.78, 5) is 0. The number of aliphatic hydroxyl groups is 1. The van der Waals surface area contributed by atoms with Gasteiger partial charge in [0.25, 0.3) is 0 Å². The lowest BCUT2D eigenvalue weighted by Crippen LogP contribution is -2.00. The number of fused-ring (bicyclic) bond motifs is 1. The van der Waals surface area contributed by atoms with Crippen LogP contribution in [0.2, 0.25) is 0 Å². The number of benzene rings is 2. The maximum absolute atomic E-state index is 9.02. The zero-order valence-electron chi connectivity index (χ0n) is 13.6. The average Bonchev–Trinajstić information content (AvgIpc) is 2.97. The van der Waals surface area contributed by atoms with Crippen LogP contribution in [0.5, 0.6) is 5.75 Å². The summed E-state index contributed by atoms with van der Waals surface area (Å²) in [6.07, 6.45) is 0.730. The van der Waals surface area contributed by atoms with Gasteiger partial charge in [-0.1, -0.05) is 32.0 Å². The lowest BCUT2D eigenvalue weighted by atomic mass is 10.0. The summed E-state index contributed by atoms with van der Waals surface area (Å²) < 4.78 is 11.6. The third kappa shape index (κ3) is 3.74. The van der Waals surface area contributed by atoms with E-state index in [1.54, 1.807) is 0 Å². The van der Waals surface area contributed by atoms with E-state index in [9.17, 15) is 0 Å². The number of hydrogen-bond acceptors (Lipinski definition) is 3. The Morgan fingerprint density at radius 2 is 1.83 bits per heavy atom. The summed E-state index contributed by atoms with van der Waals surface area (Å²) in [6.45, 7) is 5.00. The van der Waals surface area contributed by atoms with Crippen LogP contribution in [0.15, 0.2) is 52.9 Å². The van der Waals surface area contributed by atoms with Crippen molar-refractivity contribution in [3.63, 3.8) is 0 Å². The van der Waals surface area contributed by atoms with Gasteiger partial charge in [-0.2, -0.15) is 0 Å². The molecule has 120 valence electrons. The Hall–Kier alpha value is -2.26. The predicted octanol–water partition coefficient (Wildman–Crippen LogP) is 4.67. The third-order valence-corrected chi connectivity index (χ3v) is 3.98. The highest BCUT2D eigenvalue weighted by atomic mass is 16.5. The molecule has 0 aliphatic heterocycles. The van der Waals surface area contributed by atoms with Gasteiger partial charge < -0.3 is 14.3 Å². The van der Waals surface area contributed by atoms with Gasteiger partial charge in [0.2, 0.25) is 0 Å². The van der Waals surface area contributed by atoms with E-state index in [0.717, 1.165) is 34.5 Å². The molecule has 0 unspecified atom stereocenters. The highest BCUT2D eigenvalue weighted by Gasteiger charge is 2.07. The fourth-order valence-corrected chi connectivity index (χ4v) is 2.56. The summed E-state index contributed by atoms with van der Waals surface area (Å²) >= 11 is 0. The fourth-order valence-electron chi connectivity index (χ4n) is 2.56. The van der Waals surface area contributed by atoms with Crippen molar-refractivity contribution in [2.45, 2.75) is 32.8 Å². The van der Waals surface area contributed by atoms with E-state index in [1.807, 2.05) is 30.3 Å². The lowest BCUT2D eigenvalue weighted by Gasteiger charge is -2.05. The Balaban J connectivity index is 1.62. The Bertz CT molecular complexity index is 769. The van der Waals surface area contributed by atoms with E-state index in [2.05, 4.69) is 32.0 Å². The van der Waals surface area contributed by atoms with Gasteiger partial charge in [-0.05, 0) is 47.4 Å². The number of rotatable bonds is 6. The van der Waals surface area contributed by atoms with Crippen molar-refractivity contribution < 1.29 is 14.3 Å². The Morgan fingerprint density at radius 1 is 1.04 bits per heavy atom. The molecular formula is C20H22O3. The first kappa shape index (κ1) is 15.6. The van der Waals surface area contributed by atoms with Gasteiger partial charge in [0.05, 0.1) is 13.2 Å². The van der Waals surface area contributed by atoms with Gasteiger partial charge >= 0.3 is 0 Å². The van der Waals surface area contributed by atoms with Crippen LogP contribution in [0.25, 0.3) is 11.0 Å². The van der Waals surface area contributed by atoms with Gasteiger partial charge in [0, 0.05) is 11.8 Å². The number of aliphatic hydroxyl groups excluding tert-OH is 1. The van der Waals surface area contributed by atoms with Gasteiger partial charge in [-0.25, -0.2) is 0 Å². The van der Waals surface area contributed by atoms with Crippen LogP contribution in [0.1, 0.15) is 36.7 Å². The topological polar surface area (TPSA) is 42.6 Å². The van der Waals surface area contributed by atoms with Crippen molar-refractivity contribution >= 4 is 11.0 Å². The second kappa shape index (κ2) is 6.88. The van der Waals surface area contributed by atoms with Gasteiger partial charge in [0.15, 0.2) is 0 Å². The van der Waals surface area contributed by atoms with Crippen molar-refractivity contribution in [2.24, 2.45) is 0 Å². The molecule has 3 aromatic rings. The summed E-state index contributed by atoms with van der Waals surface area (Å²) in [5.41, 5.74) is 3.14. The molecule has 0 saturated carbocycles. The summed E-state index contributed by atoms with van der Waals surface area (Å²) in [6, 6.07) is 15.9. The molecule has 0 amide bonds. The van der Waals surface area contributed by atoms with Crippen molar-refractivity contribution in [3.8, 4) is 5.75 Å². The highest BCUT2D eigenvalue weighted by Crippen LogP contribution is 2.24. The second-order valence-corrected chi connectivity index (χ2v) is 6.07. The summed E-state index contributed by atoms with van der Waals surface area (Å²) in [5.74, 6) is 2.26. The molecule has 0 bridgehead atoms. The molecule has 0 aliphatic rings. The molecule has 2 aromatic carbocycles. The first-order chi connectivity index (χ1) is 11.2.